The molecule has 0 spiro atoms. The molecule has 10 heteroatoms. The van der Waals surface area contributed by atoms with Crippen LogP contribution in [0, 0.1) is 0 Å². The van der Waals surface area contributed by atoms with E-state index in [9.17, 15) is 22.6 Å². The maximum atomic E-state index is 13.3. The first kappa shape index (κ1) is 21.3. The van der Waals surface area contributed by atoms with E-state index in [0.717, 1.165) is 6.07 Å². The fourth-order valence-corrected chi connectivity index (χ4v) is 4.30. The summed E-state index contributed by atoms with van der Waals surface area (Å²) >= 11 is 0. The van der Waals surface area contributed by atoms with E-state index in [4.69, 9.17) is 15.2 Å². The van der Waals surface area contributed by atoms with Gasteiger partial charge < -0.3 is 25.1 Å². The quantitative estimate of drug-likeness (QED) is 0.344. The molecule has 0 saturated carbocycles. The molecule has 9 nitrogen and oxygen atoms in total. The number of methoxy groups -OCH3 is 2. The summed E-state index contributed by atoms with van der Waals surface area (Å²) in [7, 11) is -2.14. The van der Waals surface area contributed by atoms with Gasteiger partial charge in [0.05, 0.1) is 41.6 Å². The summed E-state index contributed by atoms with van der Waals surface area (Å²) < 4.78 is 46.0. The van der Waals surface area contributed by atoms with Crippen LogP contribution in [-0.4, -0.2) is 38.8 Å². The van der Waals surface area contributed by atoms with Gasteiger partial charge in [-0.05, 0) is 18.2 Å². The number of nitrogens with one attached hydrogen (secondary N) is 1. The van der Waals surface area contributed by atoms with Crippen molar-refractivity contribution >= 4 is 38.7 Å². The van der Waals surface area contributed by atoms with Gasteiger partial charge in [0.2, 0.25) is 0 Å². The third-order valence-electron chi connectivity index (χ3n) is 5.13. The lowest BCUT2D eigenvalue weighted by Crippen LogP contribution is -2.25. The van der Waals surface area contributed by atoms with Crippen molar-refractivity contribution in [3.8, 4) is 11.5 Å². The van der Waals surface area contributed by atoms with Gasteiger partial charge in [-0.3, -0.25) is 9.59 Å². The number of rotatable bonds is 5. The summed E-state index contributed by atoms with van der Waals surface area (Å²) in [6.45, 7) is 0. The van der Waals surface area contributed by atoms with Gasteiger partial charge in [-0.15, -0.1) is 0 Å². The summed E-state index contributed by atoms with van der Waals surface area (Å²) in [5, 5.41) is 2.91. The van der Waals surface area contributed by atoms with Gasteiger partial charge in [0.1, 0.15) is 10.1 Å². The van der Waals surface area contributed by atoms with E-state index >= 15 is 0 Å². The Kier molecular flexibility index (Phi) is 5.11. The second-order valence-corrected chi connectivity index (χ2v) is 8.29. The molecule has 1 aliphatic carbocycles. The molecule has 3 N–H and O–H groups in total. The maximum Gasteiger partial charge on any atom is 0.196 e. The molecule has 0 unspecified atom stereocenters. The van der Waals surface area contributed by atoms with Crippen LogP contribution in [0.4, 0.5) is 17.1 Å². The van der Waals surface area contributed by atoms with Gasteiger partial charge >= 0.3 is 0 Å². The third-order valence-corrected chi connectivity index (χ3v) is 6.01. The van der Waals surface area contributed by atoms with Crippen LogP contribution < -0.4 is 20.5 Å². The number of carbonyl (C=O) groups excluding carboxylic acids is 2. The average molecular weight is 453 g/mol. The third kappa shape index (κ3) is 3.35. The Balaban J connectivity index is 1.98. The lowest BCUT2D eigenvalue weighted by atomic mass is 9.82. The molecule has 3 aromatic carbocycles. The molecule has 32 heavy (non-hydrogen) atoms. The van der Waals surface area contributed by atoms with Crippen molar-refractivity contribution in [2.24, 2.45) is 0 Å². The van der Waals surface area contributed by atoms with Gasteiger partial charge in [0, 0.05) is 22.9 Å². The first-order chi connectivity index (χ1) is 15.2. The predicted molar refractivity (Wildman–Crippen MR) is 115 cm³/mol. The summed E-state index contributed by atoms with van der Waals surface area (Å²) in [4.78, 5) is 25.6. The van der Waals surface area contributed by atoms with Crippen LogP contribution in [0.2, 0.25) is 0 Å². The summed E-state index contributed by atoms with van der Waals surface area (Å²) in [5.41, 5.74) is 5.50. The highest BCUT2D eigenvalue weighted by molar-refractivity contribution is 7.86. The number of fused-ring (bicyclic) bond motifs is 2. The Morgan fingerprint density at radius 1 is 0.875 bits per heavy atom. The Bertz CT molecular complexity index is 1400. The normalized spacial score (nSPS) is 12.7. The largest absolute Gasteiger partial charge is 0.744 e. The molecule has 1 aliphatic rings. The second-order valence-electron chi connectivity index (χ2n) is 6.94. The molecule has 0 aromatic heterocycles. The molecule has 0 fully saturated rings. The standard InChI is InChI=1S/C22H18N2O7S/c1-30-15-8-7-11(9-16(15)31-2)24-14-10-17(32(27,28)29)20(23)19-18(14)21(25)12-5-3-4-6-13(12)22(19)26/h3-10,24H,23H2,1-2H3,(H,27,28,29)/p-1. The summed E-state index contributed by atoms with van der Waals surface area (Å²) in [6, 6.07) is 11.8. The van der Waals surface area contributed by atoms with Crippen LogP contribution in [0.3, 0.4) is 0 Å². The first-order valence-electron chi connectivity index (χ1n) is 9.27. The van der Waals surface area contributed by atoms with E-state index in [1.165, 1.54) is 26.4 Å². The molecule has 0 saturated heterocycles. The van der Waals surface area contributed by atoms with Crippen molar-refractivity contribution in [3.63, 3.8) is 0 Å². The number of ketones is 2. The van der Waals surface area contributed by atoms with E-state index in [2.05, 4.69) is 5.32 Å². The molecule has 3 aromatic rings. The van der Waals surface area contributed by atoms with Crippen molar-refractivity contribution in [2.75, 3.05) is 25.3 Å². The number of hydrogen-bond acceptors (Lipinski definition) is 9. The number of ether oxygens (including phenoxy) is 2. The number of carbonyl (C=O) groups is 2. The van der Waals surface area contributed by atoms with Crippen LogP contribution in [0.5, 0.6) is 11.5 Å². The molecule has 0 radical (unpaired) electrons. The molecule has 0 atom stereocenters. The zero-order valence-electron chi connectivity index (χ0n) is 17.0. The zero-order chi connectivity index (χ0) is 23.2. The van der Waals surface area contributed by atoms with Crippen LogP contribution in [-0.2, 0) is 10.1 Å². The van der Waals surface area contributed by atoms with Gasteiger partial charge in [-0.2, -0.15) is 0 Å². The minimum absolute atomic E-state index is 0.0521. The Morgan fingerprint density at radius 3 is 2.03 bits per heavy atom. The van der Waals surface area contributed by atoms with Crippen LogP contribution >= 0.6 is 0 Å². The minimum Gasteiger partial charge on any atom is -0.744 e. The van der Waals surface area contributed by atoms with Crippen LogP contribution in [0.1, 0.15) is 31.8 Å². The van der Waals surface area contributed by atoms with Crippen molar-refractivity contribution in [1.29, 1.82) is 0 Å². The number of hydrogen-bond donors (Lipinski definition) is 2. The Hall–Kier alpha value is -3.89. The van der Waals surface area contributed by atoms with Gasteiger partial charge in [0.25, 0.3) is 0 Å². The lowest BCUT2D eigenvalue weighted by molar-refractivity contribution is 0.0980. The number of benzene rings is 3. The van der Waals surface area contributed by atoms with E-state index in [-0.39, 0.29) is 27.9 Å². The number of nitrogen functional groups attached to an aromatic ring is 1. The highest BCUT2D eigenvalue weighted by Gasteiger charge is 2.35. The van der Waals surface area contributed by atoms with E-state index in [1.807, 2.05) is 0 Å². The van der Waals surface area contributed by atoms with Crippen molar-refractivity contribution < 1.29 is 32.0 Å². The maximum absolute atomic E-state index is 13.3. The molecular weight excluding hydrogens is 436 g/mol. The lowest BCUT2D eigenvalue weighted by Gasteiger charge is -2.25. The fraction of sp³-hybridized carbons (Fsp3) is 0.0909. The summed E-state index contributed by atoms with van der Waals surface area (Å²) in [5.74, 6) is -0.361. The van der Waals surface area contributed by atoms with Gasteiger partial charge in [-0.1, -0.05) is 24.3 Å². The Morgan fingerprint density at radius 2 is 1.47 bits per heavy atom. The Labute approximate surface area is 183 Å². The number of anilines is 3. The molecule has 0 aliphatic heterocycles. The van der Waals surface area contributed by atoms with Crippen LogP contribution in [0.15, 0.2) is 53.4 Å². The minimum atomic E-state index is -5.05. The second kappa shape index (κ2) is 7.66. The topological polar surface area (TPSA) is 148 Å². The first-order valence-corrected chi connectivity index (χ1v) is 10.7. The molecule has 0 amide bonds. The van der Waals surface area contributed by atoms with E-state index in [0.29, 0.717) is 17.2 Å². The fourth-order valence-electron chi connectivity index (χ4n) is 3.67. The number of nitrogens with two attached hydrogens (primary N) is 1. The van der Waals surface area contributed by atoms with Crippen LogP contribution in [0.25, 0.3) is 0 Å². The molecule has 0 bridgehead atoms. The molecular formula is C22H17N2O7S-. The highest BCUT2D eigenvalue weighted by Crippen LogP contribution is 2.40. The highest BCUT2D eigenvalue weighted by atomic mass is 32.2. The monoisotopic (exact) mass is 453 g/mol. The van der Waals surface area contributed by atoms with E-state index < -0.39 is 32.3 Å². The predicted octanol–water partition coefficient (Wildman–Crippen LogP) is 2.71. The van der Waals surface area contributed by atoms with Crippen molar-refractivity contribution in [2.45, 2.75) is 4.90 Å². The summed E-state index contributed by atoms with van der Waals surface area (Å²) in [6.07, 6.45) is 0. The zero-order valence-corrected chi connectivity index (χ0v) is 17.8. The SMILES string of the molecule is COc1ccc(Nc2cc(S(=O)(=O)[O-])c(N)c3c2C(=O)c2ccccc2C3=O)cc1OC. The molecule has 0 heterocycles. The molecule has 164 valence electrons. The van der Waals surface area contributed by atoms with Crippen molar-refractivity contribution in [1.82, 2.24) is 0 Å². The van der Waals surface area contributed by atoms with Crippen molar-refractivity contribution in [3.05, 3.63) is 70.8 Å². The van der Waals surface area contributed by atoms with E-state index in [1.54, 1.807) is 30.3 Å². The van der Waals surface area contributed by atoms with Gasteiger partial charge in [0.15, 0.2) is 23.1 Å². The average Bonchev–Trinajstić information content (AvgIpc) is 2.77. The molecule has 4 rings (SSSR count). The van der Waals surface area contributed by atoms with Gasteiger partial charge in [-0.25, -0.2) is 8.42 Å². The smallest absolute Gasteiger partial charge is 0.196 e.